The van der Waals surface area contributed by atoms with Gasteiger partial charge in [0.1, 0.15) is 5.82 Å². The lowest BCUT2D eigenvalue weighted by Crippen LogP contribution is -2.38. The number of piperidine rings is 2. The number of esters is 1. The number of amides is 2. The average Bonchev–Trinajstić information content (AvgIpc) is 3.24. The maximum Gasteiger partial charge on any atom is 0.490 e. The molecule has 2 aliphatic heterocycles. The fraction of sp³-hybridized carbons (Fsp3) is 0.391. The maximum absolute atomic E-state index is 14.0. The first kappa shape index (κ1) is 44.5. The Bertz CT molecular complexity index is 2030. The zero-order chi connectivity index (χ0) is 42.4. The molecule has 13 heteroatoms. The van der Waals surface area contributed by atoms with E-state index in [9.17, 15) is 31.9 Å². The quantitative estimate of drug-likeness (QED) is 0.103. The lowest BCUT2D eigenvalue weighted by atomic mass is 9.87. The van der Waals surface area contributed by atoms with Crippen LogP contribution >= 0.6 is 0 Å². The summed E-state index contributed by atoms with van der Waals surface area (Å²) in [6.45, 7) is 4.57. The lowest BCUT2D eigenvalue weighted by molar-refractivity contribution is -0.192. The van der Waals surface area contributed by atoms with Gasteiger partial charge in [0, 0.05) is 31.7 Å². The Hall–Kier alpha value is -5.56. The van der Waals surface area contributed by atoms with Crippen LogP contribution < -0.4 is 5.32 Å². The third-order valence-electron chi connectivity index (χ3n) is 10.9. The van der Waals surface area contributed by atoms with Crippen LogP contribution in [0.5, 0.6) is 0 Å². The predicted octanol–water partition coefficient (Wildman–Crippen LogP) is 8.71. The van der Waals surface area contributed by atoms with Crippen LogP contribution in [-0.2, 0) is 33.8 Å². The summed E-state index contributed by atoms with van der Waals surface area (Å²) >= 11 is 0. The lowest BCUT2D eigenvalue weighted by Gasteiger charge is -2.32. The van der Waals surface area contributed by atoms with Gasteiger partial charge in [-0.3, -0.25) is 9.59 Å². The number of hydrogen-bond donors (Lipinski definition) is 2. The van der Waals surface area contributed by atoms with Crippen molar-refractivity contribution in [3.05, 3.63) is 131 Å². The van der Waals surface area contributed by atoms with Crippen LogP contribution in [0.4, 0.5) is 17.6 Å². The molecule has 2 fully saturated rings. The topological polar surface area (TPSA) is 116 Å². The van der Waals surface area contributed by atoms with Gasteiger partial charge in [0.05, 0.1) is 19.1 Å². The van der Waals surface area contributed by atoms with Crippen molar-refractivity contribution in [2.45, 2.75) is 70.6 Å². The molecule has 2 amide bonds. The van der Waals surface area contributed by atoms with Gasteiger partial charge in [-0.15, -0.1) is 0 Å². The number of likely N-dealkylation sites (tertiary alicyclic amines) is 1. The molecule has 0 bridgehead atoms. The fourth-order valence-electron chi connectivity index (χ4n) is 7.62. The second-order valence-electron chi connectivity index (χ2n) is 15.2. The van der Waals surface area contributed by atoms with Gasteiger partial charge in [0.2, 0.25) is 5.91 Å². The molecule has 4 aromatic rings. The number of hydrogen-bond acceptors (Lipinski definition) is 6. The molecule has 9 nitrogen and oxygen atoms in total. The number of halogens is 4. The van der Waals surface area contributed by atoms with E-state index in [0.29, 0.717) is 35.7 Å². The van der Waals surface area contributed by atoms with E-state index in [-0.39, 0.29) is 24.1 Å². The first-order valence-corrected chi connectivity index (χ1v) is 20.0. The molecule has 314 valence electrons. The second kappa shape index (κ2) is 21.4. The Morgan fingerprint density at radius 1 is 0.746 bits per heavy atom. The van der Waals surface area contributed by atoms with Crippen LogP contribution in [0.15, 0.2) is 97.1 Å². The number of benzene rings is 4. The smallest absolute Gasteiger partial charge is 0.475 e. The first-order chi connectivity index (χ1) is 28.3. The molecule has 0 atom stereocenters. The molecule has 6 rings (SSSR count). The summed E-state index contributed by atoms with van der Waals surface area (Å²) in [6.07, 6.45) is 3.64. The number of rotatable bonds is 13. The van der Waals surface area contributed by atoms with Crippen molar-refractivity contribution in [1.82, 2.24) is 15.1 Å². The number of nitrogens with zero attached hydrogens (tertiary/aromatic N) is 2. The standard InChI is InChI=1S/C44H50FN3O4.C2HF3O2/c1-52-44(51)37-16-14-34(15-17-37)30-48(42(49)28-35-8-4-13-41(45)27-35)31-36-9-3-10-38(26-36)39-11-5-12-40(29-39)43(50)47-24-20-33(21-25-47)7-2-6-32-18-22-46-23-19-32;3-2(4,5)1(6)7/h3-5,8-17,26-27,29,32-33,46H,2,6-7,18-25,28,30-31H2,1H3;(H,6,7). The number of alkyl halides is 3. The number of aliphatic carboxylic acids is 1. The maximum atomic E-state index is 14.0. The third kappa shape index (κ3) is 13.8. The molecule has 0 spiro atoms. The molecule has 0 radical (unpaired) electrons. The van der Waals surface area contributed by atoms with E-state index in [1.165, 1.54) is 51.3 Å². The van der Waals surface area contributed by atoms with Crippen LogP contribution in [0, 0.1) is 17.7 Å². The number of carboxylic acid groups (broad SMARTS) is 1. The van der Waals surface area contributed by atoms with Crippen molar-refractivity contribution in [2.75, 3.05) is 33.3 Å². The molecular weight excluding hydrogens is 767 g/mol. The molecule has 59 heavy (non-hydrogen) atoms. The van der Waals surface area contributed by atoms with E-state index >= 15 is 0 Å². The van der Waals surface area contributed by atoms with Crippen LogP contribution in [0.1, 0.15) is 82.4 Å². The fourth-order valence-corrected chi connectivity index (χ4v) is 7.62. The minimum atomic E-state index is -5.08. The first-order valence-electron chi connectivity index (χ1n) is 20.0. The molecule has 0 aromatic heterocycles. The minimum Gasteiger partial charge on any atom is -0.475 e. The molecular formula is C46H51F4N3O6. The van der Waals surface area contributed by atoms with Crippen molar-refractivity contribution in [3.63, 3.8) is 0 Å². The summed E-state index contributed by atoms with van der Waals surface area (Å²) < 4.78 is 50.5. The molecule has 0 aliphatic carbocycles. The molecule has 4 aromatic carbocycles. The van der Waals surface area contributed by atoms with E-state index in [4.69, 9.17) is 14.6 Å². The highest BCUT2D eigenvalue weighted by molar-refractivity contribution is 5.95. The number of nitrogens with one attached hydrogen (secondary N) is 1. The average molecular weight is 818 g/mol. The van der Waals surface area contributed by atoms with Gasteiger partial charge in [0.25, 0.3) is 5.91 Å². The molecule has 2 N–H and O–H groups in total. The SMILES string of the molecule is COC(=O)c1ccc(CN(Cc2cccc(-c3cccc(C(=O)N4CCC(CCCC5CCNCC5)CC4)c3)c2)C(=O)Cc2cccc(F)c2)cc1.O=C(O)C(F)(F)F. The summed E-state index contributed by atoms with van der Waals surface area (Å²) in [7, 11) is 1.34. The summed E-state index contributed by atoms with van der Waals surface area (Å²) in [5.41, 5.74) is 5.40. The highest BCUT2D eigenvalue weighted by atomic mass is 19.4. The number of ether oxygens (including phenoxy) is 1. The monoisotopic (exact) mass is 817 g/mol. The highest BCUT2D eigenvalue weighted by Crippen LogP contribution is 2.28. The van der Waals surface area contributed by atoms with Gasteiger partial charge in [-0.2, -0.15) is 13.2 Å². The Morgan fingerprint density at radius 3 is 1.95 bits per heavy atom. The van der Waals surface area contributed by atoms with E-state index in [2.05, 4.69) is 11.4 Å². The van der Waals surface area contributed by atoms with Crippen LogP contribution in [-0.4, -0.2) is 78.1 Å². The van der Waals surface area contributed by atoms with Gasteiger partial charge < -0.3 is 25.0 Å². The molecule has 2 heterocycles. The van der Waals surface area contributed by atoms with Crippen molar-refractivity contribution in [1.29, 1.82) is 0 Å². The largest absolute Gasteiger partial charge is 0.490 e. The Balaban J connectivity index is 0.000000867. The normalized spacial score (nSPS) is 14.8. The number of methoxy groups -OCH3 is 1. The van der Waals surface area contributed by atoms with E-state index in [0.717, 1.165) is 67.2 Å². The second-order valence-corrected chi connectivity index (χ2v) is 15.2. The Labute approximate surface area is 342 Å². The molecule has 2 saturated heterocycles. The van der Waals surface area contributed by atoms with Gasteiger partial charge >= 0.3 is 18.1 Å². The predicted molar refractivity (Wildman–Crippen MR) is 216 cm³/mol. The Morgan fingerprint density at radius 2 is 1.32 bits per heavy atom. The highest BCUT2D eigenvalue weighted by Gasteiger charge is 2.38. The van der Waals surface area contributed by atoms with Crippen molar-refractivity contribution in [3.8, 4) is 11.1 Å². The van der Waals surface area contributed by atoms with Gasteiger partial charge in [0.15, 0.2) is 0 Å². The van der Waals surface area contributed by atoms with Crippen molar-refractivity contribution in [2.24, 2.45) is 11.8 Å². The summed E-state index contributed by atoms with van der Waals surface area (Å²) in [5.74, 6) is -2.04. The summed E-state index contributed by atoms with van der Waals surface area (Å²) in [4.78, 5) is 52.0. The van der Waals surface area contributed by atoms with E-state index < -0.39 is 18.1 Å². The van der Waals surface area contributed by atoms with Gasteiger partial charge in [-0.05, 0) is 121 Å². The van der Waals surface area contributed by atoms with E-state index in [1.807, 2.05) is 59.5 Å². The summed E-state index contributed by atoms with van der Waals surface area (Å²) in [6, 6.07) is 29.0. The van der Waals surface area contributed by atoms with E-state index in [1.54, 1.807) is 29.2 Å². The molecule has 0 saturated carbocycles. The van der Waals surface area contributed by atoms with Crippen LogP contribution in [0.2, 0.25) is 0 Å². The third-order valence-corrected chi connectivity index (χ3v) is 10.9. The zero-order valence-corrected chi connectivity index (χ0v) is 33.2. The van der Waals surface area contributed by atoms with Crippen LogP contribution in [0.3, 0.4) is 0 Å². The number of carbonyl (C=O) groups is 4. The van der Waals surface area contributed by atoms with Crippen LogP contribution in [0.25, 0.3) is 11.1 Å². The molecule has 2 aliphatic rings. The number of carboxylic acids is 1. The molecule has 0 unspecified atom stereocenters. The number of carbonyl (C=O) groups excluding carboxylic acids is 3. The minimum absolute atomic E-state index is 0.0531. The van der Waals surface area contributed by atoms with Gasteiger partial charge in [-0.25, -0.2) is 14.0 Å². The van der Waals surface area contributed by atoms with Crippen molar-refractivity contribution >= 4 is 23.8 Å². The summed E-state index contributed by atoms with van der Waals surface area (Å²) in [5, 5.41) is 10.6. The van der Waals surface area contributed by atoms with Gasteiger partial charge in [-0.1, -0.05) is 73.9 Å². The van der Waals surface area contributed by atoms with Crippen molar-refractivity contribution < 1.29 is 46.6 Å². The zero-order valence-electron chi connectivity index (χ0n) is 33.2. The Kier molecular flexibility index (Phi) is 16.2.